The zero-order valence-electron chi connectivity index (χ0n) is 19.7. The van der Waals surface area contributed by atoms with E-state index in [4.69, 9.17) is 14.2 Å². The van der Waals surface area contributed by atoms with Gasteiger partial charge in [0.1, 0.15) is 5.75 Å². The van der Waals surface area contributed by atoms with Gasteiger partial charge in [-0.3, -0.25) is 9.89 Å². The molecule has 7 nitrogen and oxygen atoms in total. The quantitative estimate of drug-likeness (QED) is 0.462. The smallest absolute Gasteiger partial charge is 0.191 e. The van der Waals surface area contributed by atoms with Crippen molar-refractivity contribution in [2.75, 3.05) is 59.7 Å². The maximum absolute atomic E-state index is 6.18. The normalized spacial score (nSPS) is 21.3. The molecule has 2 saturated heterocycles. The summed E-state index contributed by atoms with van der Waals surface area (Å²) in [5.74, 6) is 2.81. The van der Waals surface area contributed by atoms with E-state index in [1.807, 2.05) is 7.05 Å². The van der Waals surface area contributed by atoms with Gasteiger partial charge in [0.25, 0.3) is 0 Å². The zero-order valence-corrected chi connectivity index (χ0v) is 19.7. The number of hydrogen-bond donors (Lipinski definition) is 2. The van der Waals surface area contributed by atoms with E-state index in [9.17, 15) is 0 Å². The van der Waals surface area contributed by atoms with E-state index in [0.29, 0.717) is 31.0 Å². The van der Waals surface area contributed by atoms with Gasteiger partial charge in [0, 0.05) is 57.4 Å². The van der Waals surface area contributed by atoms with Crippen molar-refractivity contribution < 1.29 is 14.2 Å². The van der Waals surface area contributed by atoms with Gasteiger partial charge in [-0.05, 0) is 30.9 Å². The highest BCUT2D eigenvalue weighted by molar-refractivity contribution is 5.79. The van der Waals surface area contributed by atoms with Crippen molar-refractivity contribution >= 4 is 5.96 Å². The first-order valence-corrected chi connectivity index (χ1v) is 11.6. The molecule has 0 radical (unpaired) electrons. The molecule has 2 heterocycles. The van der Waals surface area contributed by atoms with Crippen LogP contribution < -0.4 is 15.4 Å². The van der Waals surface area contributed by atoms with Crippen LogP contribution in [0.4, 0.5) is 0 Å². The van der Waals surface area contributed by atoms with Crippen LogP contribution in [0.15, 0.2) is 23.2 Å². The standard InChI is InChI=1S/C24H40N4O3/c1-18(2)22(28-8-11-29-12-9-28)15-27-24(25-4)26-14-21-6-5-19(3)13-23(21)31-17-20-7-10-30-16-20/h5-6,13,18,20,22H,7-12,14-17H2,1-4H3,(H2,25,26,27). The summed E-state index contributed by atoms with van der Waals surface area (Å²) < 4.78 is 17.2. The molecule has 1 aromatic carbocycles. The predicted molar refractivity (Wildman–Crippen MR) is 125 cm³/mol. The number of nitrogens with one attached hydrogen (secondary N) is 2. The van der Waals surface area contributed by atoms with Crippen molar-refractivity contribution in [1.82, 2.24) is 15.5 Å². The molecule has 0 saturated carbocycles. The molecule has 0 spiro atoms. The Hall–Kier alpha value is -1.83. The third kappa shape index (κ3) is 7.37. The van der Waals surface area contributed by atoms with Gasteiger partial charge in [0.05, 0.1) is 26.4 Å². The number of aryl methyl sites for hydroxylation is 1. The average Bonchev–Trinajstić information content (AvgIpc) is 3.29. The van der Waals surface area contributed by atoms with Gasteiger partial charge in [-0.25, -0.2) is 0 Å². The molecule has 31 heavy (non-hydrogen) atoms. The number of benzene rings is 1. The topological polar surface area (TPSA) is 67.4 Å². The van der Waals surface area contributed by atoms with E-state index >= 15 is 0 Å². The summed E-state index contributed by atoms with van der Waals surface area (Å²) in [6.07, 6.45) is 1.08. The first-order chi connectivity index (χ1) is 15.1. The number of nitrogens with zero attached hydrogens (tertiary/aromatic N) is 2. The van der Waals surface area contributed by atoms with E-state index in [2.05, 4.69) is 59.5 Å². The second-order valence-electron chi connectivity index (χ2n) is 8.92. The number of aliphatic imine (C=N–C) groups is 1. The molecule has 0 bridgehead atoms. The minimum Gasteiger partial charge on any atom is -0.493 e. The van der Waals surface area contributed by atoms with E-state index < -0.39 is 0 Å². The van der Waals surface area contributed by atoms with Crippen molar-refractivity contribution in [3.8, 4) is 5.75 Å². The summed E-state index contributed by atoms with van der Waals surface area (Å²) >= 11 is 0. The van der Waals surface area contributed by atoms with Crippen LogP contribution in [-0.4, -0.2) is 76.6 Å². The molecule has 174 valence electrons. The van der Waals surface area contributed by atoms with Crippen LogP contribution in [0, 0.1) is 18.8 Å². The van der Waals surface area contributed by atoms with Gasteiger partial charge in [0.15, 0.2) is 5.96 Å². The molecular weight excluding hydrogens is 392 g/mol. The fourth-order valence-electron chi connectivity index (χ4n) is 4.16. The second-order valence-corrected chi connectivity index (χ2v) is 8.92. The van der Waals surface area contributed by atoms with Gasteiger partial charge in [0.2, 0.25) is 0 Å². The molecule has 0 amide bonds. The molecule has 0 aliphatic carbocycles. The lowest BCUT2D eigenvalue weighted by Gasteiger charge is -2.37. The minimum absolute atomic E-state index is 0.453. The molecule has 0 aromatic heterocycles. The van der Waals surface area contributed by atoms with Gasteiger partial charge < -0.3 is 24.8 Å². The van der Waals surface area contributed by atoms with Crippen LogP contribution in [0.2, 0.25) is 0 Å². The highest BCUT2D eigenvalue weighted by Gasteiger charge is 2.24. The van der Waals surface area contributed by atoms with Gasteiger partial charge >= 0.3 is 0 Å². The van der Waals surface area contributed by atoms with E-state index in [1.54, 1.807) is 0 Å². The monoisotopic (exact) mass is 432 g/mol. The van der Waals surface area contributed by atoms with Crippen LogP contribution >= 0.6 is 0 Å². The average molecular weight is 433 g/mol. The summed E-state index contributed by atoms with van der Waals surface area (Å²) in [5.41, 5.74) is 2.34. The van der Waals surface area contributed by atoms with Crippen LogP contribution in [0.25, 0.3) is 0 Å². The summed E-state index contributed by atoms with van der Waals surface area (Å²) in [7, 11) is 1.82. The Morgan fingerprint density at radius 2 is 2.00 bits per heavy atom. The molecule has 2 fully saturated rings. The van der Waals surface area contributed by atoms with Crippen molar-refractivity contribution in [2.24, 2.45) is 16.8 Å². The Kier molecular flexibility index (Phi) is 9.43. The van der Waals surface area contributed by atoms with Crippen molar-refractivity contribution in [2.45, 2.75) is 39.8 Å². The lowest BCUT2D eigenvalue weighted by Crippen LogP contribution is -2.52. The minimum atomic E-state index is 0.453. The first-order valence-electron chi connectivity index (χ1n) is 11.6. The SMILES string of the molecule is CN=C(NCc1ccc(C)cc1OCC1CCOC1)NCC(C(C)C)N1CCOCC1. The molecule has 2 aliphatic rings. The molecule has 7 heteroatoms. The van der Waals surface area contributed by atoms with E-state index in [0.717, 1.165) is 69.8 Å². The number of hydrogen-bond acceptors (Lipinski definition) is 5. The Morgan fingerprint density at radius 1 is 1.19 bits per heavy atom. The highest BCUT2D eigenvalue weighted by atomic mass is 16.5. The lowest BCUT2D eigenvalue weighted by molar-refractivity contribution is 0.00752. The number of ether oxygens (including phenoxy) is 3. The second kappa shape index (κ2) is 12.3. The lowest BCUT2D eigenvalue weighted by atomic mass is 10.0. The van der Waals surface area contributed by atoms with Gasteiger partial charge in [-0.2, -0.15) is 0 Å². The third-order valence-electron chi connectivity index (χ3n) is 6.15. The maximum Gasteiger partial charge on any atom is 0.191 e. The third-order valence-corrected chi connectivity index (χ3v) is 6.15. The Morgan fingerprint density at radius 3 is 2.68 bits per heavy atom. The van der Waals surface area contributed by atoms with Crippen LogP contribution in [-0.2, 0) is 16.0 Å². The fraction of sp³-hybridized carbons (Fsp3) is 0.708. The zero-order chi connectivity index (χ0) is 22.1. The first kappa shape index (κ1) is 23.8. The van der Waals surface area contributed by atoms with Crippen LogP contribution in [0.1, 0.15) is 31.4 Å². The largest absolute Gasteiger partial charge is 0.493 e. The van der Waals surface area contributed by atoms with Crippen LogP contribution in [0.5, 0.6) is 5.75 Å². The highest BCUT2D eigenvalue weighted by Crippen LogP contribution is 2.22. The van der Waals surface area contributed by atoms with Gasteiger partial charge in [-0.1, -0.05) is 26.0 Å². The van der Waals surface area contributed by atoms with Crippen molar-refractivity contribution in [3.63, 3.8) is 0 Å². The number of rotatable bonds is 9. The number of guanidine groups is 1. The molecule has 3 rings (SSSR count). The summed E-state index contributed by atoms with van der Waals surface area (Å²) in [6, 6.07) is 6.84. The fourth-order valence-corrected chi connectivity index (χ4v) is 4.16. The molecule has 1 aromatic rings. The molecule has 2 aliphatic heterocycles. The molecule has 2 atom stereocenters. The van der Waals surface area contributed by atoms with E-state index in [-0.39, 0.29) is 0 Å². The van der Waals surface area contributed by atoms with Crippen LogP contribution in [0.3, 0.4) is 0 Å². The van der Waals surface area contributed by atoms with Crippen molar-refractivity contribution in [3.05, 3.63) is 29.3 Å². The molecule has 2 N–H and O–H groups in total. The Labute approximate surface area is 187 Å². The maximum atomic E-state index is 6.18. The Bertz CT molecular complexity index is 698. The summed E-state index contributed by atoms with van der Waals surface area (Å²) in [4.78, 5) is 6.95. The van der Waals surface area contributed by atoms with Gasteiger partial charge in [-0.15, -0.1) is 0 Å². The van der Waals surface area contributed by atoms with Crippen molar-refractivity contribution in [1.29, 1.82) is 0 Å². The van der Waals surface area contributed by atoms with E-state index in [1.165, 1.54) is 5.56 Å². The Balaban J connectivity index is 1.53. The summed E-state index contributed by atoms with van der Waals surface area (Å²) in [5, 5.41) is 6.99. The molecular formula is C24H40N4O3. The predicted octanol–water partition coefficient (Wildman–Crippen LogP) is 2.43. The summed E-state index contributed by atoms with van der Waals surface area (Å²) in [6.45, 7) is 14.2. The molecule has 2 unspecified atom stereocenters. The number of morpholine rings is 1.